The van der Waals surface area contributed by atoms with Crippen molar-refractivity contribution in [1.82, 2.24) is 0 Å². The lowest BCUT2D eigenvalue weighted by Gasteiger charge is -2.12. The van der Waals surface area contributed by atoms with E-state index in [-0.39, 0.29) is 5.91 Å². The Kier molecular flexibility index (Phi) is 7.43. The van der Waals surface area contributed by atoms with Crippen LogP contribution in [0, 0.1) is 5.92 Å². The second kappa shape index (κ2) is 9.78. The first-order chi connectivity index (χ1) is 12.9. The van der Waals surface area contributed by atoms with Crippen molar-refractivity contribution in [1.29, 1.82) is 0 Å². The summed E-state index contributed by atoms with van der Waals surface area (Å²) in [5.74, 6) is 0.839. The number of benzene rings is 1. The molecule has 7 heteroatoms. The normalized spacial score (nSPS) is 10.9. The number of methoxy groups -OCH3 is 2. The van der Waals surface area contributed by atoms with Gasteiger partial charge in [-0.15, -0.1) is 11.3 Å². The number of anilines is 1. The second-order valence-corrected chi connectivity index (χ2v) is 7.01. The quantitative estimate of drug-likeness (QED) is 0.540. The van der Waals surface area contributed by atoms with E-state index in [2.05, 4.69) is 19.2 Å². The number of ether oxygens (including phenoxy) is 3. The van der Waals surface area contributed by atoms with Crippen LogP contribution in [0.25, 0.3) is 6.08 Å². The SMILES string of the molecule is COC(=O)c1sccc1NC(=O)/C=C/c1ccc(OCC(C)C)c(OC)c1. The maximum absolute atomic E-state index is 12.1. The van der Waals surface area contributed by atoms with Gasteiger partial charge in [0.1, 0.15) is 4.88 Å². The molecule has 2 rings (SSSR count). The molecule has 6 nitrogen and oxygen atoms in total. The van der Waals surface area contributed by atoms with Gasteiger partial charge in [-0.3, -0.25) is 4.79 Å². The van der Waals surface area contributed by atoms with Gasteiger partial charge in [0.05, 0.1) is 26.5 Å². The predicted molar refractivity (Wildman–Crippen MR) is 107 cm³/mol. The van der Waals surface area contributed by atoms with Gasteiger partial charge in [-0.25, -0.2) is 4.79 Å². The fraction of sp³-hybridized carbons (Fsp3) is 0.300. The number of rotatable bonds is 8. The summed E-state index contributed by atoms with van der Waals surface area (Å²) in [5, 5.41) is 4.39. The first-order valence-electron chi connectivity index (χ1n) is 8.40. The van der Waals surface area contributed by atoms with Crippen molar-refractivity contribution in [2.75, 3.05) is 26.1 Å². The highest BCUT2D eigenvalue weighted by Crippen LogP contribution is 2.29. The van der Waals surface area contributed by atoms with Crippen LogP contribution in [0.4, 0.5) is 5.69 Å². The number of amides is 1. The van der Waals surface area contributed by atoms with Crippen LogP contribution in [0.1, 0.15) is 29.1 Å². The molecule has 1 aromatic heterocycles. The number of esters is 1. The van der Waals surface area contributed by atoms with Crippen molar-refractivity contribution >= 4 is 35.0 Å². The largest absolute Gasteiger partial charge is 0.493 e. The molecule has 1 heterocycles. The van der Waals surface area contributed by atoms with Gasteiger partial charge in [0.2, 0.25) is 5.91 Å². The highest BCUT2D eigenvalue weighted by molar-refractivity contribution is 7.12. The third kappa shape index (κ3) is 5.86. The van der Waals surface area contributed by atoms with E-state index in [1.54, 1.807) is 30.7 Å². The fourth-order valence-corrected chi connectivity index (χ4v) is 2.93. The van der Waals surface area contributed by atoms with E-state index in [0.717, 1.165) is 5.56 Å². The summed E-state index contributed by atoms with van der Waals surface area (Å²) in [5.41, 5.74) is 1.22. The van der Waals surface area contributed by atoms with E-state index < -0.39 is 5.97 Å². The van der Waals surface area contributed by atoms with Gasteiger partial charge < -0.3 is 19.5 Å². The molecule has 0 aliphatic heterocycles. The zero-order valence-corrected chi connectivity index (χ0v) is 16.6. The van der Waals surface area contributed by atoms with Gasteiger partial charge in [-0.05, 0) is 41.1 Å². The molecule has 1 aromatic carbocycles. The Hall–Kier alpha value is -2.80. The average Bonchev–Trinajstić information content (AvgIpc) is 3.12. The molecule has 144 valence electrons. The van der Waals surface area contributed by atoms with E-state index in [4.69, 9.17) is 14.2 Å². The smallest absolute Gasteiger partial charge is 0.350 e. The van der Waals surface area contributed by atoms with Crippen LogP contribution in [0.5, 0.6) is 11.5 Å². The highest BCUT2D eigenvalue weighted by atomic mass is 32.1. The minimum Gasteiger partial charge on any atom is -0.493 e. The minimum atomic E-state index is -0.481. The molecular formula is C20H23NO5S. The standard InChI is InChI=1S/C20H23NO5S/c1-13(2)12-26-16-7-5-14(11-17(16)24-3)6-8-18(22)21-15-9-10-27-19(15)20(23)25-4/h5-11,13H,12H2,1-4H3,(H,21,22)/b8-6+. The number of hydrogen-bond acceptors (Lipinski definition) is 6. The summed E-state index contributed by atoms with van der Waals surface area (Å²) in [4.78, 5) is 24.1. The van der Waals surface area contributed by atoms with Gasteiger partial charge in [-0.1, -0.05) is 19.9 Å². The van der Waals surface area contributed by atoms with Crippen molar-refractivity contribution < 1.29 is 23.8 Å². The molecule has 27 heavy (non-hydrogen) atoms. The van der Waals surface area contributed by atoms with Crippen LogP contribution in [-0.2, 0) is 9.53 Å². The summed E-state index contributed by atoms with van der Waals surface area (Å²) >= 11 is 1.21. The van der Waals surface area contributed by atoms with E-state index in [9.17, 15) is 9.59 Å². The minimum absolute atomic E-state index is 0.349. The van der Waals surface area contributed by atoms with E-state index >= 15 is 0 Å². The number of carbonyl (C=O) groups is 2. The number of hydrogen-bond donors (Lipinski definition) is 1. The maximum atomic E-state index is 12.1. The molecule has 0 atom stereocenters. The summed E-state index contributed by atoms with van der Waals surface area (Å²) in [6.45, 7) is 4.74. The Labute approximate surface area is 162 Å². The number of carbonyl (C=O) groups excluding carboxylic acids is 2. The van der Waals surface area contributed by atoms with Crippen LogP contribution in [0.3, 0.4) is 0 Å². The first kappa shape index (κ1) is 20.5. The molecule has 2 aromatic rings. The Morgan fingerprint density at radius 2 is 1.96 bits per heavy atom. The summed E-state index contributed by atoms with van der Waals surface area (Å²) in [6.07, 6.45) is 3.05. The van der Waals surface area contributed by atoms with Crippen LogP contribution in [0.15, 0.2) is 35.7 Å². The molecule has 0 saturated carbocycles. The van der Waals surface area contributed by atoms with Gasteiger partial charge in [-0.2, -0.15) is 0 Å². The van der Waals surface area contributed by atoms with Crippen molar-refractivity contribution in [3.63, 3.8) is 0 Å². The third-order valence-corrected chi connectivity index (χ3v) is 4.38. The van der Waals surface area contributed by atoms with Gasteiger partial charge in [0.25, 0.3) is 0 Å². The van der Waals surface area contributed by atoms with Gasteiger partial charge >= 0.3 is 5.97 Å². The molecule has 0 spiro atoms. The molecule has 0 aliphatic rings. The number of thiophene rings is 1. The van der Waals surface area contributed by atoms with Crippen LogP contribution in [0.2, 0.25) is 0 Å². The predicted octanol–water partition coefficient (Wildman–Crippen LogP) is 4.23. The lowest BCUT2D eigenvalue weighted by molar-refractivity contribution is -0.111. The molecule has 0 unspecified atom stereocenters. The number of nitrogens with one attached hydrogen (secondary N) is 1. The monoisotopic (exact) mass is 389 g/mol. The van der Waals surface area contributed by atoms with Gasteiger partial charge in [0.15, 0.2) is 11.5 Å². The Morgan fingerprint density at radius 3 is 2.63 bits per heavy atom. The highest BCUT2D eigenvalue weighted by Gasteiger charge is 2.14. The average molecular weight is 389 g/mol. The fourth-order valence-electron chi connectivity index (χ4n) is 2.17. The van der Waals surface area contributed by atoms with Crippen molar-refractivity contribution in [3.8, 4) is 11.5 Å². The molecule has 0 bridgehead atoms. The summed E-state index contributed by atoms with van der Waals surface area (Å²) < 4.78 is 15.8. The Morgan fingerprint density at radius 1 is 1.19 bits per heavy atom. The van der Waals surface area contributed by atoms with Crippen molar-refractivity contribution in [3.05, 3.63) is 46.2 Å². The van der Waals surface area contributed by atoms with Crippen LogP contribution in [-0.4, -0.2) is 32.7 Å². The molecule has 0 aliphatic carbocycles. The first-order valence-corrected chi connectivity index (χ1v) is 9.28. The topological polar surface area (TPSA) is 73.9 Å². The van der Waals surface area contributed by atoms with E-state index in [0.29, 0.717) is 34.6 Å². The van der Waals surface area contributed by atoms with Crippen molar-refractivity contribution in [2.24, 2.45) is 5.92 Å². The summed E-state index contributed by atoms with van der Waals surface area (Å²) in [6, 6.07) is 7.11. The van der Waals surface area contributed by atoms with E-state index in [1.807, 2.05) is 12.1 Å². The lowest BCUT2D eigenvalue weighted by Crippen LogP contribution is -2.10. The van der Waals surface area contributed by atoms with Crippen LogP contribution < -0.4 is 14.8 Å². The third-order valence-electron chi connectivity index (χ3n) is 3.48. The molecular weight excluding hydrogens is 366 g/mol. The zero-order chi connectivity index (χ0) is 19.8. The van der Waals surface area contributed by atoms with Crippen molar-refractivity contribution in [2.45, 2.75) is 13.8 Å². The second-order valence-electron chi connectivity index (χ2n) is 6.09. The van der Waals surface area contributed by atoms with E-state index in [1.165, 1.54) is 24.5 Å². The molecule has 0 fully saturated rings. The Bertz CT molecular complexity index is 826. The van der Waals surface area contributed by atoms with Crippen LogP contribution >= 0.6 is 11.3 Å². The summed E-state index contributed by atoms with van der Waals surface area (Å²) in [7, 11) is 2.87. The maximum Gasteiger partial charge on any atom is 0.350 e. The molecule has 0 saturated heterocycles. The molecule has 1 N–H and O–H groups in total. The zero-order valence-electron chi connectivity index (χ0n) is 15.8. The van der Waals surface area contributed by atoms with Gasteiger partial charge in [0, 0.05) is 6.08 Å². The molecule has 0 radical (unpaired) electrons. The molecule has 1 amide bonds. The Balaban J connectivity index is 2.05. The lowest BCUT2D eigenvalue weighted by atomic mass is 10.2.